The van der Waals surface area contributed by atoms with Crippen LogP contribution in [0.25, 0.3) is 0 Å². The van der Waals surface area contributed by atoms with E-state index in [0.717, 1.165) is 27.4 Å². The third-order valence-electron chi connectivity index (χ3n) is 2.73. The highest BCUT2D eigenvalue weighted by atomic mass is 32.2. The lowest BCUT2D eigenvalue weighted by molar-refractivity contribution is 0.745. The van der Waals surface area contributed by atoms with E-state index in [1.807, 2.05) is 25.6 Å². The van der Waals surface area contributed by atoms with Crippen LogP contribution in [0.4, 0.5) is 5.82 Å². The van der Waals surface area contributed by atoms with Crippen molar-refractivity contribution in [3.63, 3.8) is 0 Å². The van der Waals surface area contributed by atoms with Gasteiger partial charge in [0.1, 0.15) is 23.0 Å². The number of nitrogens with one attached hydrogen (secondary N) is 1. The second-order valence-electron chi connectivity index (χ2n) is 4.59. The molecule has 19 heavy (non-hydrogen) atoms. The summed E-state index contributed by atoms with van der Waals surface area (Å²) in [7, 11) is 3.79. The van der Waals surface area contributed by atoms with E-state index in [1.54, 1.807) is 6.33 Å². The summed E-state index contributed by atoms with van der Waals surface area (Å²) in [6, 6.07) is 0. The van der Waals surface area contributed by atoms with Crippen LogP contribution in [0.5, 0.6) is 0 Å². The highest BCUT2D eigenvalue weighted by Gasteiger charge is 2.15. The molecular weight excluding hydrogens is 260 g/mol. The standard InChI is InChI=1S/C12H18N6S/c1-7(2)9-15-10(13-4)8(3)11(16-9)19-12-17-14-6-18(12)5/h6-7H,1-5H3,(H,13,15,16). The van der Waals surface area contributed by atoms with Crippen LogP contribution in [0.3, 0.4) is 0 Å². The molecule has 0 saturated heterocycles. The smallest absolute Gasteiger partial charge is 0.197 e. The van der Waals surface area contributed by atoms with Crippen LogP contribution in [0.15, 0.2) is 16.5 Å². The summed E-state index contributed by atoms with van der Waals surface area (Å²) < 4.78 is 1.88. The normalized spacial score (nSPS) is 11.1. The molecule has 0 saturated carbocycles. The summed E-state index contributed by atoms with van der Waals surface area (Å²) in [5, 5.41) is 12.8. The van der Waals surface area contributed by atoms with Gasteiger partial charge in [-0.2, -0.15) is 0 Å². The fourth-order valence-electron chi connectivity index (χ4n) is 1.57. The Morgan fingerprint density at radius 1 is 1.32 bits per heavy atom. The molecule has 0 aromatic carbocycles. The first-order valence-corrected chi connectivity index (χ1v) is 6.92. The number of hydrogen-bond donors (Lipinski definition) is 1. The summed E-state index contributed by atoms with van der Waals surface area (Å²) in [6.45, 7) is 6.18. The Kier molecular flexibility index (Phi) is 4.04. The molecule has 0 spiro atoms. The van der Waals surface area contributed by atoms with E-state index >= 15 is 0 Å². The molecule has 7 heteroatoms. The molecular formula is C12H18N6S. The third kappa shape index (κ3) is 2.86. The van der Waals surface area contributed by atoms with Crippen LogP contribution in [0.1, 0.15) is 31.2 Å². The molecule has 0 bridgehead atoms. The molecule has 0 aliphatic rings. The van der Waals surface area contributed by atoms with Gasteiger partial charge in [0, 0.05) is 25.6 Å². The third-order valence-corrected chi connectivity index (χ3v) is 3.87. The largest absolute Gasteiger partial charge is 0.373 e. The Hall–Kier alpha value is -1.63. The predicted octanol–water partition coefficient (Wildman–Crippen LogP) is 2.23. The van der Waals surface area contributed by atoms with Crippen molar-refractivity contribution in [1.29, 1.82) is 0 Å². The molecule has 0 aliphatic carbocycles. The van der Waals surface area contributed by atoms with Crippen LogP contribution >= 0.6 is 11.8 Å². The lowest BCUT2D eigenvalue weighted by atomic mass is 10.2. The van der Waals surface area contributed by atoms with Crippen molar-refractivity contribution in [2.45, 2.75) is 36.9 Å². The summed E-state index contributed by atoms with van der Waals surface area (Å²) in [4.78, 5) is 9.15. The van der Waals surface area contributed by atoms with E-state index < -0.39 is 0 Å². The van der Waals surface area contributed by atoms with Gasteiger partial charge < -0.3 is 9.88 Å². The number of nitrogens with zero attached hydrogens (tertiary/aromatic N) is 5. The quantitative estimate of drug-likeness (QED) is 0.865. The van der Waals surface area contributed by atoms with E-state index in [1.165, 1.54) is 11.8 Å². The number of aryl methyl sites for hydroxylation is 1. The number of aromatic nitrogens is 5. The van der Waals surface area contributed by atoms with E-state index in [2.05, 4.69) is 39.3 Å². The average molecular weight is 278 g/mol. The predicted molar refractivity (Wildman–Crippen MR) is 75.5 cm³/mol. The Labute approximate surface area is 117 Å². The van der Waals surface area contributed by atoms with Gasteiger partial charge in [0.15, 0.2) is 5.16 Å². The van der Waals surface area contributed by atoms with E-state index in [9.17, 15) is 0 Å². The molecule has 0 amide bonds. The van der Waals surface area contributed by atoms with Crippen LogP contribution in [-0.4, -0.2) is 31.8 Å². The van der Waals surface area contributed by atoms with Crippen LogP contribution in [0, 0.1) is 6.92 Å². The molecule has 0 unspecified atom stereocenters. The number of rotatable bonds is 4. The molecule has 0 radical (unpaired) electrons. The molecule has 0 aliphatic heterocycles. The van der Waals surface area contributed by atoms with Gasteiger partial charge in [-0.25, -0.2) is 9.97 Å². The maximum Gasteiger partial charge on any atom is 0.197 e. The lowest BCUT2D eigenvalue weighted by Gasteiger charge is -2.13. The van der Waals surface area contributed by atoms with Crippen molar-refractivity contribution in [3.05, 3.63) is 17.7 Å². The van der Waals surface area contributed by atoms with Gasteiger partial charge in [-0.1, -0.05) is 13.8 Å². The molecule has 102 valence electrons. The Balaban J connectivity index is 2.43. The first-order valence-electron chi connectivity index (χ1n) is 6.11. The zero-order valence-corrected chi connectivity index (χ0v) is 12.6. The van der Waals surface area contributed by atoms with Gasteiger partial charge >= 0.3 is 0 Å². The highest BCUT2D eigenvalue weighted by Crippen LogP contribution is 2.30. The minimum Gasteiger partial charge on any atom is -0.373 e. The van der Waals surface area contributed by atoms with Crippen molar-refractivity contribution in [2.24, 2.45) is 7.05 Å². The van der Waals surface area contributed by atoms with Crippen LogP contribution < -0.4 is 5.32 Å². The van der Waals surface area contributed by atoms with E-state index in [0.29, 0.717) is 0 Å². The Morgan fingerprint density at radius 3 is 2.58 bits per heavy atom. The summed E-state index contributed by atoms with van der Waals surface area (Å²) in [5.41, 5.74) is 1.03. The average Bonchev–Trinajstić information content (AvgIpc) is 2.77. The van der Waals surface area contributed by atoms with Gasteiger partial charge in [0.05, 0.1) is 0 Å². The van der Waals surface area contributed by atoms with Crippen molar-refractivity contribution in [3.8, 4) is 0 Å². The minimum absolute atomic E-state index is 0.284. The fraction of sp³-hybridized carbons (Fsp3) is 0.500. The van der Waals surface area contributed by atoms with Gasteiger partial charge in [-0.3, -0.25) is 0 Å². The number of anilines is 1. The molecule has 2 rings (SSSR count). The second-order valence-corrected chi connectivity index (χ2v) is 5.55. The van der Waals surface area contributed by atoms with E-state index in [-0.39, 0.29) is 5.92 Å². The maximum absolute atomic E-state index is 4.63. The molecule has 0 fully saturated rings. The summed E-state index contributed by atoms with van der Waals surface area (Å²) in [5.74, 6) is 1.98. The first kappa shape index (κ1) is 13.8. The van der Waals surface area contributed by atoms with Crippen LogP contribution in [-0.2, 0) is 7.05 Å². The molecule has 0 atom stereocenters. The topological polar surface area (TPSA) is 68.5 Å². The van der Waals surface area contributed by atoms with E-state index in [4.69, 9.17) is 0 Å². The van der Waals surface area contributed by atoms with Gasteiger partial charge in [0.2, 0.25) is 0 Å². The van der Waals surface area contributed by atoms with Gasteiger partial charge in [-0.15, -0.1) is 10.2 Å². The molecule has 1 N–H and O–H groups in total. The Morgan fingerprint density at radius 2 is 2.05 bits per heavy atom. The summed E-state index contributed by atoms with van der Waals surface area (Å²) in [6.07, 6.45) is 1.68. The van der Waals surface area contributed by atoms with Crippen molar-refractivity contribution >= 4 is 17.6 Å². The zero-order valence-electron chi connectivity index (χ0n) is 11.8. The van der Waals surface area contributed by atoms with Gasteiger partial charge in [0.25, 0.3) is 0 Å². The summed E-state index contributed by atoms with van der Waals surface area (Å²) >= 11 is 1.51. The molecule has 2 heterocycles. The molecule has 2 aromatic heterocycles. The monoisotopic (exact) mass is 278 g/mol. The first-order chi connectivity index (χ1) is 9.02. The highest BCUT2D eigenvalue weighted by molar-refractivity contribution is 7.99. The van der Waals surface area contributed by atoms with Gasteiger partial charge in [-0.05, 0) is 18.7 Å². The zero-order chi connectivity index (χ0) is 14.0. The SMILES string of the molecule is CNc1nc(C(C)C)nc(Sc2nncn2C)c1C. The van der Waals surface area contributed by atoms with Crippen molar-refractivity contribution in [1.82, 2.24) is 24.7 Å². The minimum atomic E-state index is 0.284. The van der Waals surface area contributed by atoms with Crippen LogP contribution in [0.2, 0.25) is 0 Å². The van der Waals surface area contributed by atoms with Crippen molar-refractivity contribution < 1.29 is 0 Å². The second kappa shape index (κ2) is 5.56. The number of hydrogen-bond acceptors (Lipinski definition) is 6. The fourth-order valence-corrected chi connectivity index (χ4v) is 2.41. The maximum atomic E-state index is 4.63. The lowest BCUT2D eigenvalue weighted by Crippen LogP contribution is -2.06. The molecule has 2 aromatic rings. The Bertz CT molecular complexity index is 578. The van der Waals surface area contributed by atoms with Crippen molar-refractivity contribution in [2.75, 3.05) is 12.4 Å². The molecule has 6 nitrogen and oxygen atoms in total.